The number of halogens is 3. The summed E-state index contributed by atoms with van der Waals surface area (Å²) in [6, 6.07) is 9.39. The van der Waals surface area contributed by atoms with E-state index in [0.29, 0.717) is 15.6 Å². The number of benzene rings is 2. The Balaban J connectivity index is 2.41. The number of ether oxygens (including phenoxy) is 1. The fourth-order valence-electron chi connectivity index (χ4n) is 1.94. The minimum absolute atomic E-state index is 0.179. The van der Waals surface area contributed by atoms with Gasteiger partial charge in [-0.3, -0.25) is 5.84 Å². The first-order valence-corrected chi connectivity index (χ1v) is 6.57. The predicted molar refractivity (Wildman–Crippen MR) is 78.6 cm³/mol. The van der Waals surface area contributed by atoms with Gasteiger partial charge in [-0.15, -0.1) is 0 Å². The van der Waals surface area contributed by atoms with Crippen LogP contribution in [0.4, 0.5) is 4.39 Å². The van der Waals surface area contributed by atoms with Crippen molar-refractivity contribution >= 4 is 23.2 Å². The molecule has 0 aliphatic heterocycles. The van der Waals surface area contributed by atoms with E-state index >= 15 is 0 Å². The molecule has 2 aromatic carbocycles. The molecule has 0 saturated carbocycles. The Hall–Kier alpha value is -1.33. The average Bonchev–Trinajstić information content (AvgIpc) is 2.44. The van der Waals surface area contributed by atoms with Gasteiger partial charge in [-0.1, -0.05) is 35.3 Å². The van der Waals surface area contributed by atoms with E-state index in [4.69, 9.17) is 33.8 Å². The molecule has 106 valence electrons. The summed E-state index contributed by atoms with van der Waals surface area (Å²) in [5, 5.41) is 0.866. The molecule has 2 rings (SSSR count). The predicted octanol–water partition coefficient (Wildman–Crippen LogP) is 3.69. The van der Waals surface area contributed by atoms with Gasteiger partial charge in [0.15, 0.2) is 11.6 Å². The van der Waals surface area contributed by atoms with Crippen molar-refractivity contribution in [3.8, 4) is 5.75 Å². The van der Waals surface area contributed by atoms with Crippen LogP contribution in [-0.2, 0) is 0 Å². The van der Waals surface area contributed by atoms with Crippen LogP contribution in [0.3, 0.4) is 0 Å². The second kappa shape index (κ2) is 6.41. The standard InChI is InChI=1S/C14H13Cl2FN2O/c1-20-13-5-3-9(7-12(13)17)14(19-18)8-2-4-10(15)11(16)6-8/h2-7,14,19H,18H2,1H3. The third kappa shape index (κ3) is 3.04. The third-order valence-corrected chi connectivity index (χ3v) is 3.69. The Morgan fingerprint density at radius 3 is 2.30 bits per heavy atom. The number of rotatable bonds is 4. The molecule has 3 nitrogen and oxygen atoms in total. The van der Waals surface area contributed by atoms with E-state index in [2.05, 4.69) is 5.43 Å². The molecule has 0 aromatic heterocycles. The van der Waals surface area contributed by atoms with E-state index in [0.717, 1.165) is 5.56 Å². The fraction of sp³-hybridized carbons (Fsp3) is 0.143. The van der Waals surface area contributed by atoms with E-state index in [1.807, 2.05) is 0 Å². The van der Waals surface area contributed by atoms with Crippen LogP contribution in [0.5, 0.6) is 5.75 Å². The first kappa shape index (κ1) is 15.1. The lowest BCUT2D eigenvalue weighted by Gasteiger charge is -2.18. The van der Waals surface area contributed by atoms with Crippen LogP contribution in [0.1, 0.15) is 17.2 Å². The molecule has 0 radical (unpaired) electrons. The van der Waals surface area contributed by atoms with Gasteiger partial charge >= 0.3 is 0 Å². The monoisotopic (exact) mass is 314 g/mol. The molecule has 0 bridgehead atoms. The second-order valence-corrected chi connectivity index (χ2v) is 4.98. The summed E-state index contributed by atoms with van der Waals surface area (Å²) < 4.78 is 18.7. The summed E-state index contributed by atoms with van der Waals surface area (Å²) in [5.41, 5.74) is 4.08. The zero-order chi connectivity index (χ0) is 14.7. The SMILES string of the molecule is COc1ccc(C(NN)c2ccc(Cl)c(Cl)c2)cc1F. The molecule has 1 unspecified atom stereocenters. The molecule has 0 spiro atoms. The zero-order valence-electron chi connectivity index (χ0n) is 10.7. The Morgan fingerprint density at radius 1 is 1.10 bits per heavy atom. The van der Waals surface area contributed by atoms with Crippen molar-refractivity contribution < 1.29 is 9.13 Å². The maximum Gasteiger partial charge on any atom is 0.165 e. The van der Waals surface area contributed by atoms with Gasteiger partial charge in [0, 0.05) is 0 Å². The van der Waals surface area contributed by atoms with Gasteiger partial charge in [-0.05, 0) is 35.4 Å². The lowest BCUT2D eigenvalue weighted by atomic mass is 9.99. The molecular weight excluding hydrogens is 302 g/mol. The van der Waals surface area contributed by atoms with Crippen molar-refractivity contribution in [2.24, 2.45) is 5.84 Å². The Labute approximate surface area is 126 Å². The Morgan fingerprint density at radius 2 is 1.75 bits per heavy atom. The van der Waals surface area contributed by atoms with E-state index in [9.17, 15) is 4.39 Å². The van der Waals surface area contributed by atoms with Gasteiger partial charge in [0.2, 0.25) is 0 Å². The lowest BCUT2D eigenvalue weighted by Crippen LogP contribution is -2.28. The van der Waals surface area contributed by atoms with Crippen LogP contribution in [0.2, 0.25) is 10.0 Å². The molecule has 2 aromatic rings. The minimum atomic E-state index is -0.453. The normalized spacial score (nSPS) is 12.2. The van der Waals surface area contributed by atoms with Gasteiger partial charge in [-0.2, -0.15) is 0 Å². The molecule has 0 saturated heterocycles. The van der Waals surface area contributed by atoms with Crippen LogP contribution >= 0.6 is 23.2 Å². The molecule has 0 heterocycles. The number of nitrogens with one attached hydrogen (secondary N) is 1. The number of hydrogen-bond acceptors (Lipinski definition) is 3. The van der Waals surface area contributed by atoms with Gasteiger partial charge < -0.3 is 4.74 Å². The topological polar surface area (TPSA) is 47.3 Å². The zero-order valence-corrected chi connectivity index (χ0v) is 12.2. The highest BCUT2D eigenvalue weighted by molar-refractivity contribution is 6.42. The van der Waals surface area contributed by atoms with E-state index in [1.165, 1.54) is 13.2 Å². The van der Waals surface area contributed by atoms with Crippen LogP contribution in [-0.4, -0.2) is 7.11 Å². The van der Waals surface area contributed by atoms with E-state index in [1.54, 1.807) is 30.3 Å². The van der Waals surface area contributed by atoms with Crippen molar-refractivity contribution in [1.82, 2.24) is 5.43 Å². The second-order valence-electron chi connectivity index (χ2n) is 4.17. The summed E-state index contributed by atoms with van der Waals surface area (Å²) >= 11 is 11.9. The summed E-state index contributed by atoms with van der Waals surface area (Å²) in [6.07, 6.45) is 0. The first-order chi connectivity index (χ1) is 9.56. The number of hydrogen-bond donors (Lipinski definition) is 2. The molecule has 0 aliphatic rings. The molecule has 3 N–H and O–H groups in total. The van der Waals surface area contributed by atoms with Gasteiger partial charge in [-0.25, -0.2) is 9.82 Å². The van der Waals surface area contributed by atoms with Crippen LogP contribution in [0, 0.1) is 5.82 Å². The quantitative estimate of drug-likeness (QED) is 0.668. The van der Waals surface area contributed by atoms with Gasteiger partial charge in [0.05, 0.1) is 23.2 Å². The highest BCUT2D eigenvalue weighted by Gasteiger charge is 2.16. The number of nitrogens with two attached hydrogens (primary N) is 1. The highest BCUT2D eigenvalue weighted by Crippen LogP contribution is 2.30. The molecule has 20 heavy (non-hydrogen) atoms. The first-order valence-electron chi connectivity index (χ1n) is 5.81. The Kier molecular flexibility index (Phi) is 4.83. The molecular formula is C14H13Cl2FN2O. The third-order valence-electron chi connectivity index (χ3n) is 2.95. The van der Waals surface area contributed by atoms with E-state index in [-0.39, 0.29) is 5.75 Å². The summed E-state index contributed by atoms with van der Waals surface area (Å²) in [6.45, 7) is 0. The largest absolute Gasteiger partial charge is 0.494 e. The summed E-state index contributed by atoms with van der Waals surface area (Å²) in [5.74, 6) is 5.29. The lowest BCUT2D eigenvalue weighted by molar-refractivity contribution is 0.385. The number of methoxy groups -OCH3 is 1. The van der Waals surface area contributed by atoms with Gasteiger partial charge in [0.25, 0.3) is 0 Å². The highest BCUT2D eigenvalue weighted by atomic mass is 35.5. The Bertz CT molecular complexity index is 622. The molecule has 0 amide bonds. The van der Waals surface area contributed by atoms with Crippen LogP contribution < -0.4 is 16.0 Å². The van der Waals surface area contributed by atoms with Crippen molar-refractivity contribution in [2.45, 2.75) is 6.04 Å². The van der Waals surface area contributed by atoms with Crippen LogP contribution in [0.25, 0.3) is 0 Å². The minimum Gasteiger partial charge on any atom is -0.494 e. The average molecular weight is 315 g/mol. The van der Waals surface area contributed by atoms with Gasteiger partial charge in [0.1, 0.15) is 0 Å². The smallest absolute Gasteiger partial charge is 0.165 e. The molecule has 0 fully saturated rings. The maximum atomic E-state index is 13.8. The van der Waals surface area contributed by atoms with Crippen LogP contribution in [0.15, 0.2) is 36.4 Å². The van der Waals surface area contributed by atoms with Crippen molar-refractivity contribution in [2.75, 3.05) is 7.11 Å². The van der Waals surface area contributed by atoms with Crippen molar-refractivity contribution in [3.05, 3.63) is 63.4 Å². The summed E-state index contributed by atoms with van der Waals surface area (Å²) in [4.78, 5) is 0. The van der Waals surface area contributed by atoms with Crippen molar-refractivity contribution in [1.29, 1.82) is 0 Å². The molecule has 6 heteroatoms. The fourth-order valence-corrected chi connectivity index (χ4v) is 2.25. The number of hydrazine groups is 1. The van der Waals surface area contributed by atoms with Crippen molar-refractivity contribution in [3.63, 3.8) is 0 Å². The summed E-state index contributed by atoms with van der Waals surface area (Å²) in [7, 11) is 1.41. The molecule has 1 atom stereocenters. The maximum absolute atomic E-state index is 13.8. The van der Waals surface area contributed by atoms with E-state index < -0.39 is 11.9 Å². The molecule has 0 aliphatic carbocycles.